The van der Waals surface area contributed by atoms with Gasteiger partial charge in [0.1, 0.15) is 6.04 Å². The highest BCUT2D eigenvalue weighted by Crippen LogP contribution is 2.23. The fourth-order valence-corrected chi connectivity index (χ4v) is 6.01. The van der Waals surface area contributed by atoms with Gasteiger partial charge in [0.05, 0.1) is 22.7 Å². The molecule has 3 aromatic carbocycles. The first-order valence-electron chi connectivity index (χ1n) is 15.0. The van der Waals surface area contributed by atoms with Crippen LogP contribution >= 0.6 is 0 Å². The highest BCUT2D eigenvalue weighted by molar-refractivity contribution is 7.92. The van der Waals surface area contributed by atoms with E-state index >= 15 is 0 Å². The van der Waals surface area contributed by atoms with Crippen molar-refractivity contribution in [2.24, 2.45) is 11.8 Å². The number of anilines is 1. The standard InChI is InChI=1S/C34H44N4O6S/c1-23(2)19-30(31(39)20-24(3)32(40)36-25(4)33(41)35-22-26-13-8-6-9-14-26)37-34(42)27-15-12-16-28(21-27)38(5)45(43,44)29-17-10-7-11-18-29/h6-18,21,23-25,30-31,39H,19-20,22H2,1-5H3,(H,35,41)(H,36,40)(H,37,42)/t24-,25+,30+,31+/m1/s1. The van der Waals surface area contributed by atoms with Crippen LogP contribution < -0.4 is 20.3 Å². The molecule has 0 aromatic heterocycles. The summed E-state index contributed by atoms with van der Waals surface area (Å²) in [6, 6.07) is 22.2. The van der Waals surface area contributed by atoms with Crippen molar-refractivity contribution >= 4 is 33.4 Å². The molecule has 0 aliphatic heterocycles. The van der Waals surface area contributed by atoms with Gasteiger partial charge in [-0.3, -0.25) is 18.7 Å². The molecule has 3 rings (SSSR count). The number of aliphatic hydroxyl groups is 1. The Hall–Kier alpha value is -4.22. The molecule has 3 amide bonds. The number of rotatable bonds is 15. The molecule has 0 fully saturated rings. The van der Waals surface area contributed by atoms with Crippen LogP contribution in [0.3, 0.4) is 0 Å². The monoisotopic (exact) mass is 636 g/mol. The van der Waals surface area contributed by atoms with Crippen molar-refractivity contribution in [1.29, 1.82) is 0 Å². The molecule has 0 saturated heterocycles. The van der Waals surface area contributed by atoms with E-state index in [-0.39, 0.29) is 34.6 Å². The summed E-state index contributed by atoms with van der Waals surface area (Å²) >= 11 is 0. The first-order chi connectivity index (χ1) is 21.3. The van der Waals surface area contributed by atoms with Crippen LogP contribution in [-0.4, -0.2) is 56.5 Å². The molecule has 45 heavy (non-hydrogen) atoms. The van der Waals surface area contributed by atoms with E-state index in [2.05, 4.69) is 16.0 Å². The summed E-state index contributed by atoms with van der Waals surface area (Å²) < 4.78 is 27.3. The van der Waals surface area contributed by atoms with Gasteiger partial charge in [0.2, 0.25) is 11.8 Å². The van der Waals surface area contributed by atoms with Crippen molar-refractivity contribution in [3.05, 3.63) is 96.1 Å². The van der Waals surface area contributed by atoms with Crippen molar-refractivity contribution in [1.82, 2.24) is 16.0 Å². The number of amides is 3. The van der Waals surface area contributed by atoms with Crippen LogP contribution in [-0.2, 0) is 26.2 Å². The summed E-state index contributed by atoms with van der Waals surface area (Å²) in [7, 11) is -2.42. The van der Waals surface area contributed by atoms with Crippen LogP contribution in [0, 0.1) is 11.8 Å². The maximum atomic E-state index is 13.3. The van der Waals surface area contributed by atoms with Gasteiger partial charge in [0.15, 0.2) is 0 Å². The minimum Gasteiger partial charge on any atom is -0.391 e. The zero-order valence-corrected chi connectivity index (χ0v) is 27.3. The molecule has 0 radical (unpaired) electrons. The Bertz CT molecular complexity index is 1530. The molecule has 0 saturated carbocycles. The first kappa shape index (κ1) is 35.3. The minimum atomic E-state index is -3.84. The van der Waals surface area contributed by atoms with Gasteiger partial charge in [-0.25, -0.2) is 8.42 Å². The number of aliphatic hydroxyl groups excluding tert-OH is 1. The fourth-order valence-electron chi connectivity index (χ4n) is 4.80. The van der Waals surface area contributed by atoms with Gasteiger partial charge in [0, 0.05) is 25.1 Å². The van der Waals surface area contributed by atoms with Crippen molar-refractivity contribution in [3.8, 4) is 0 Å². The molecule has 242 valence electrons. The molecule has 0 spiro atoms. The second-order valence-corrected chi connectivity index (χ2v) is 13.7. The zero-order chi connectivity index (χ0) is 33.1. The Labute approximate surface area is 266 Å². The van der Waals surface area contributed by atoms with E-state index in [1.165, 1.54) is 25.2 Å². The van der Waals surface area contributed by atoms with Gasteiger partial charge >= 0.3 is 0 Å². The summed E-state index contributed by atoms with van der Waals surface area (Å²) in [5.74, 6) is -1.71. The molecule has 0 heterocycles. The number of carbonyl (C=O) groups excluding carboxylic acids is 3. The van der Waals surface area contributed by atoms with E-state index in [0.29, 0.717) is 18.7 Å². The number of nitrogens with one attached hydrogen (secondary N) is 3. The topological polar surface area (TPSA) is 145 Å². The molecular weight excluding hydrogens is 592 g/mol. The van der Waals surface area contributed by atoms with E-state index in [1.54, 1.807) is 50.2 Å². The number of nitrogens with zero attached hydrogens (tertiary/aromatic N) is 1. The summed E-state index contributed by atoms with van der Waals surface area (Å²) in [5, 5.41) is 19.5. The average Bonchev–Trinajstić information content (AvgIpc) is 3.03. The quantitative estimate of drug-likeness (QED) is 0.199. The van der Waals surface area contributed by atoms with E-state index in [9.17, 15) is 27.9 Å². The zero-order valence-electron chi connectivity index (χ0n) is 26.4. The Balaban J connectivity index is 1.62. The van der Waals surface area contributed by atoms with Crippen LogP contribution in [0.1, 0.15) is 56.5 Å². The second kappa shape index (κ2) is 16.2. The van der Waals surface area contributed by atoms with Gasteiger partial charge in [-0.05, 0) is 61.6 Å². The third-order valence-corrected chi connectivity index (χ3v) is 9.28. The fraction of sp³-hybridized carbons (Fsp3) is 0.382. The lowest BCUT2D eigenvalue weighted by molar-refractivity contribution is -0.131. The molecule has 4 N–H and O–H groups in total. The minimum absolute atomic E-state index is 0.0555. The summed E-state index contributed by atoms with van der Waals surface area (Å²) in [6.45, 7) is 7.52. The number of sulfonamides is 1. The Kier molecular flexibility index (Phi) is 12.7. The number of hydrogen-bond acceptors (Lipinski definition) is 6. The van der Waals surface area contributed by atoms with Crippen molar-refractivity contribution in [3.63, 3.8) is 0 Å². The van der Waals surface area contributed by atoms with Gasteiger partial charge in [-0.15, -0.1) is 0 Å². The predicted octanol–water partition coefficient (Wildman–Crippen LogP) is 3.86. The smallest absolute Gasteiger partial charge is 0.264 e. The van der Waals surface area contributed by atoms with Gasteiger partial charge in [-0.2, -0.15) is 0 Å². The highest BCUT2D eigenvalue weighted by atomic mass is 32.2. The van der Waals surface area contributed by atoms with Crippen LogP contribution in [0.25, 0.3) is 0 Å². The van der Waals surface area contributed by atoms with Gasteiger partial charge in [-0.1, -0.05) is 75.4 Å². The van der Waals surface area contributed by atoms with E-state index < -0.39 is 40.0 Å². The number of benzene rings is 3. The van der Waals surface area contributed by atoms with Gasteiger partial charge in [0.25, 0.3) is 15.9 Å². The van der Waals surface area contributed by atoms with Crippen molar-refractivity contribution in [2.75, 3.05) is 11.4 Å². The maximum Gasteiger partial charge on any atom is 0.264 e. The van der Waals surface area contributed by atoms with E-state index in [1.807, 2.05) is 44.2 Å². The largest absolute Gasteiger partial charge is 0.391 e. The predicted molar refractivity (Wildman–Crippen MR) is 175 cm³/mol. The Morgan fingerprint density at radius 1 is 0.800 bits per heavy atom. The molecular formula is C34H44N4O6S. The lowest BCUT2D eigenvalue weighted by Gasteiger charge is -2.28. The first-order valence-corrected chi connectivity index (χ1v) is 16.5. The van der Waals surface area contributed by atoms with Crippen LogP contribution in [0.2, 0.25) is 0 Å². The van der Waals surface area contributed by atoms with E-state index in [0.717, 1.165) is 9.87 Å². The summed E-state index contributed by atoms with van der Waals surface area (Å²) in [5.41, 5.74) is 1.47. The molecule has 0 aliphatic rings. The Morgan fingerprint density at radius 3 is 2.04 bits per heavy atom. The normalized spacial score (nSPS) is 14.1. The molecule has 0 unspecified atom stereocenters. The molecule has 0 aliphatic carbocycles. The third kappa shape index (κ3) is 10.2. The number of carbonyl (C=O) groups is 3. The molecule has 11 heteroatoms. The van der Waals surface area contributed by atoms with Gasteiger partial charge < -0.3 is 21.1 Å². The lowest BCUT2D eigenvalue weighted by Crippen LogP contribution is -2.48. The summed E-state index contributed by atoms with van der Waals surface area (Å²) in [6.07, 6.45) is -0.551. The van der Waals surface area contributed by atoms with Crippen LogP contribution in [0.4, 0.5) is 5.69 Å². The third-order valence-electron chi connectivity index (χ3n) is 7.48. The molecule has 4 atom stereocenters. The highest BCUT2D eigenvalue weighted by Gasteiger charge is 2.29. The SMILES string of the molecule is CC(C)C[C@H](NC(=O)c1cccc(N(C)S(=O)(=O)c2ccccc2)c1)[C@@H](O)C[C@@H](C)C(=O)N[C@@H](C)C(=O)NCc1ccccc1. The Morgan fingerprint density at radius 2 is 1.42 bits per heavy atom. The average molecular weight is 637 g/mol. The van der Waals surface area contributed by atoms with E-state index in [4.69, 9.17) is 0 Å². The maximum absolute atomic E-state index is 13.3. The summed E-state index contributed by atoms with van der Waals surface area (Å²) in [4.78, 5) is 38.9. The van der Waals surface area contributed by atoms with Crippen LogP contribution in [0.5, 0.6) is 0 Å². The van der Waals surface area contributed by atoms with Crippen molar-refractivity contribution in [2.45, 2.75) is 70.2 Å². The second-order valence-electron chi connectivity index (χ2n) is 11.7. The lowest BCUT2D eigenvalue weighted by atomic mass is 9.92. The molecule has 10 nitrogen and oxygen atoms in total. The van der Waals surface area contributed by atoms with Crippen molar-refractivity contribution < 1.29 is 27.9 Å². The molecule has 3 aromatic rings. The number of hydrogen-bond donors (Lipinski definition) is 4. The molecule has 0 bridgehead atoms. The van der Waals surface area contributed by atoms with Crippen LogP contribution in [0.15, 0.2) is 89.8 Å².